The number of nitrogens with two attached hydrogens (primary N) is 1. The van der Waals surface area contributed by atoms with Gasteiger partial charge in [-0.2, -0.15) is 15.0 Å². The Morgan fingerprint density at radius 2 is 1.90 bits per heavy atom. The van der Waals surface area contributed by atoms with Gasteiger partial charge in [-0.1, -0.05) is 0 Å². The number of aromatic nitrogens is 3. The fourth-order valence-corrected chi connectivity index (χ4v) is 2.07. The lowest BCUT2D eigenvalue weighted by Crippen LogP contribution is -2.21. The van der Waals surface area contributed by atoms with Crippen LogP contribution < -0.4 is 21.3 Å². The Hall–Kier alpha value is -1.48. The first kappa shape index (κ1) is 16.6. The maximum atomic E-state index is 11.1. The van der Waals surface area contributed by atoms with Gasteiger partial charge in [0.15, 0.2) is 0 Å². The van der Waals surface area contributed by atoms with Gasteiger partial charge in [0.2, 0.25) is 11.9 Å². The van der Waals surface area contributed by atoms with Crippen LogP contribution in [0.3, 0.4) is 0 Å². The summed E-state index contributed by atoms with van der Waals surface area (Å²) in [5.74, 6) is 6.54. The number of nitrogens with zero attached hydrogens (tertiary/aromatic N) is 3. The zero-order chi connectivity index (χ0) is 15.1. The zero-order valence-corrected chi connectivity index (χ0v) is 13.0. The van der Waals surface area contributed by atoms with E-state index in [1.54, 1.807) is 6.26 Å². The molecular weight excluding hydrogens is 280 g/mol. The molecule has 0 radical (unpaired) electrons. The summed E-state index contributed by atoms with van der Waals surface area (Å²) in [6, 6.07) is 0.288. The molecule has 0 aliphatic carbocycles. The smallest absolute Gasteiger partial charge is 0.323 e. The minimum atomic E-state index is -0.813. The monoisotopic (exact) mass is 302 g/mol. The summed E-state index contributed by atoms with van der Waals surface area (Å²) in [6.45, 7) is 5.73. The van der Waals surface area contributed by atoms with Crippen LogP contribution in [0.25, 0.3) is 0 Å². The van der Waals surface area contributed by atoms with E-state index in [9.17, 15) is 4.21 Å². The summed E-state index contributed by atoms with van der Waals surface area (Å²) in [6.07, 6.45) is 2.39. The summed E-state index contributed by atoms with van der Waals surface area (Å²) in [4.78, 5) is 12.3. The molecule has 1 rings (SSSR count). The molecule has 2 unspecified atom stereocenters. The Labute approximate surface area is 121 Å². The van der Waals surface area contributed by atoms with Crippen molar-refractivity contribution in [2.45, 2.75) is 39.3 Å². The van der Waals surface area contributed by atoms with Crippen LogP contribution in [-0.2, 0) is 10.8 Å². The Morgan fingerprint density at radius 1 is 1.25 bits per heavy atom. The average Bonchev–Trinajstić information content (AvgIpc) is 2.35. The second-order valence-corrected chi connectivity index (χ2v) is 6.24. The number of rotatable bonds is 8. The number of ether oxygens (including phenoxy) is 1. The van der Waals surface area contributed by atoms with Crippen molar-refractivity contribution in [2.24, 2.45) is 5.84 Å². The van der Waals surface area contributed by atoms with Gasteiger partial charge < -0.3 is 10.1 Å². The summed E-state index contributed by atoms with van der Waals surface area (Å²) in [5, 5.41) is 3.11. The first-order chi connectivity index (χ1) is 9.40. The highest BCUT2D eigenvalue weighted by molar-refractivity contribution is 7.84. The predicted octanol–water partition coefficient (Wildman–Crippen LogP) is 0.513. The Balaban J connectivity index is 2.74. The fraction of sp³-hybridized carbons (Fsp3) is 0.727. The maximum Gasteiger partial charge on any atom is 0.323 e. The molecule has 0 aliphatic rings. The number of hydrazine groups is 1. The van der Waals surface area contributed by atoms with Crippen molar-refractivity contribution < 1.29 is 8.95 Å². The van der Waals surface area contributed by atoms with Crippen molar-refractivity contribution in [3.63, 3.8) is 0 Å². The van der Waals surface area contributed by atoms with Crippen molar-refractivity contribution in [3.05, 3.63) is 0 Å². The van der Waals surface area contributed by atoms with Crippen LogP contribution in [0.5, 0.6) is 6.01 Å². The molecule has 0 bridgehead atoms. The van der Waals surface area contributed by atoms with Crippen LogP contribution in [0.2, 0.25) is 0 Å². The Bertz CT molecular complexity index is 457. The molecule has 4 N–H and O–H groups in total. The topological polar surface area (TPSA) is 115 Å². The van der Waals surface area contributed by atoms with Gasteiger partial charge in [-0.05, 0) is 27.2 Å². The van der Waals surface area contributed by atoms with Crippen molar-refractivity contribution in [1.82, 2.24) is 15.0 Å². The molecular formula is C11H22N6O2S. The second-order valence-electron chi connectivity index (χ2n) is 4.69. The first-order valence-corrected chi connectivity index (χ1v) is 8.09. The summed E-state index contributed by atoms with van der Waals surface area (Å²) >= 11 is 0. The van der Waals surface area contributed by atoms with Gasteiger partial charge in [0, 0.05) is 28.9 Å². The number of nitrogen functional groups attached to an aromatic ring is 1. The van der Waals surface area contributed by atoms with Gasteiger partial charge in [0.05, 0.1) is 6.10 Å². The molecule has 0 saturated carbocycles. The molecule has 2 atom stereocenters. The van der Waals surface area contributed by atoms with Gasteiger partial charge in [0.1, 0.15) is 0 Å². The first-order valence-electron chi connectivity index (χ1n) is 6.36. The van der Waals surface area contributed by atoms with Crippen molar-refractivity contribution in [2.75, 3.05) is 22.8 Å². The number of hydrogen-bond acceptors (Lipinski definition) is 8. The van der Waals surface area contributed by atoms with E-state index >= 15 is 0 Å². The molecule has 20 heavy (non-hydrogen) atoms. The van der Waals surface area contributed by atoms with Gasteiger partial charge >= 0.3 is 6.01 Å². The lowest BCUT2D eigenvalue weighted by Gasteiger charge is -2.15. The van der Waals surface area contributed by atoms with Crippen LogP contribution >= 0.6 is 0 Å². The molecule has 0 spiro atoms. The molecule has 114 valence electrons. The molecule has 1 heterocycles. The summed E-state index contributed by atoms with van der Waals surface area (Å²) < 4.78 is 16.5. The molecule has 0 fully saturated rings. The summed E-state index contributed by atoms with van der Waals surface area (Å²) in [5.41, 5.74) is 2.37. The van der Waals surface area contributed by atoms with Crippen LogP contribution in [0.15, 0.2) is 0 Å². The zero-order valence-electron chi connectivity index (χ0n) is 12.2. The largest absolute Gasteiger partial charge is 0.461 e. The van der Waals surface area contributed by atoms with E-state index in [-0.39, 0.29) is 24.1 Å². The van der Waals surface area contributed by atoms with Crippen LogP contribution in [-0.4, -0.2) is 43.3 Å². The van der Waals surface area contributed by atoms with Crippen LogP contribution in [0, 0.1) is 0 Å². The van der Waals surface area contributed by atoms with Gasteiger partial charge in [-0.3, -0.25) is 9.63 Å². The van der Waals surface area contributed by atoms with Crippen molar-refractivity contribution in [3.8, 4) is 6.01 Å². The molecule has 0 amide bonds. The highest BCUT2D eigenvalue weighted by Gasteiger charge is 2.11. The van der Waals surface area contributed by atoms with Gasteiger partial charge in [-0.25, -0.2) is 5.84 Å². The van der Waals surface area contributed by atoms with E-state index in [1.807, 2.05) is 20.8 Å². The van der Waals surface area contributed by atoms with E-state index in [0.717, 1.165) is 6.42 Å². The maximum absolute atomic E-state index is 11.1. The van der Waals surface area contributed by atoms with E-state index < -0.39 is 10.8 Å². The van der Waals surface area contributed by atoms with Crippen LogP contribution in [0.1, 0.15) is 27.2 Å². The number of nitrogens with one attached hydrogen (secondary N) is 2. The molecule has 9 heteroatoms. The SMILES string of the molecule is CC(CCS(C)=O)Nc1nc(NN)nc(OC(C)C)n1. The number of hydrogen-bond donors (Lipinski definition) is 3. The van der Waals surface area contributed by atoms with E-state index in [0.29, 0.717) is 11.7 Å². The fourth-order valence-electron chi connectivity index (χ4n) is 1.38. The quantitative estimate of drug-likeness (QED) is 0.470. The number of anilines is 2. The van der Waals surface area contributed by atoms with E-state index in [4.69, 9.17) is 10.6 Å². The third-order valence-electron chi connectivity index (χ3n) is 2.30. The Morgan fingerprint density at radius 3 is 2.45 bits per heavy atom. The molecule has 1 aromatic rings. The van der Waals surface area contributed by atoms with Gasteiger partial charge in [-0.15, -0.1) is 0 Å². The molecule has 0 aliphatic heterocycles. The van der Waals surface area contributed by atoms with E-state index in [2.05, 4.69) is 25.7 Å². The lowest BCUT2D eigenvalue weighted by molar-refractivity contribution is 0.222. The second kappa shape index (κ2) is 7.95. The Kier molecular flexibility index (Phi) is 6.59. The molecule has 0 saturated heterocycles. The van der Waals surface area contributed by atoms with Gasteiger partial charge in [0.25, 0.3) is 0 Å². The standard InChI is InChI=1S/C11H22N6O2S/c1-7(2)19-11-15-9(14-10(16-11)17-12)13-8(3)5-6-20(4)18/h7-8H,5-6,12H2,1-4H3,(H2,13,14,15,16,17). The minimum Gasteiger partial charge on any atom is -0.461 e. The summed E-state index contributed by atoms with van der Waals surface area (Å²) in [7, 11) is -0.813. The van der Waals surface area contributed by atoms with Crippen molar-refractivity contribution >= 4 is 22.7 Å². The third-order valence-corrected chi connectivity index (χ3v) is 3.11. The minimum absolute atomic E-state index is 0.0455. The normalized spacial score (nSPS) is 13.9. The molecule has 0 aromatic carbocycles. The van der Waals surface area contributed by atoms with Crippen molar-refractivity contribution in [1.29, 1.82) is 0 Å². The highest BCUT2D eigenvalue weighted by Crippen LogP contribution is 2.13. The molecule has 8 nitrogen and oxygen atoms in total. The predicted molar refractivity (Wildman–Crippen MR) is 80.0 cm³/mol. The average molecular weight is 302 g/mol. The third kappa shape index (κ3) is 6.11. The highest BCUT2D eigenvalue weighted by atomic mass is 32.2. The molecule has 1 aromatic heterocycles. The van der Waals surface area contributed by atoms with Crippen LogP contribution in [0.4, 0.5) is 11.9 Å². The van der Waals surface area contributed by atoms with E-state index in [1.165, 1.54) is 0 Å². The lowest BCUT2D eigenvalue weighted by atomic mass is 10.3.